The Morgan fingerprint density at radius 1 is 1.32 bits per heavy atom. The van der Waals surface area contributed by atoms with Crippen molar-refractivity contribution in [2.24, 2.45) is 4.99 Å². The summed E-state index contributed by atoms with van der Waals surface area (Å²) in [6, 6.07) is 8.45. The molecule has 0 radical (unpaired) electrons. The molecule has 1 aliphatic heterocycles. The number of aliphatic imine (C=N–C) groups is 1. The fourth-order valence-electron chi connectivity index (χ4n) is 3.24. The summed E-state index contributed by atoms with van der Waals surface area (Å²) >= 11 is 6.09. The van der Waals surface area contributed by atoms with Gasteiger partial charge in [-0.15, -0.1) is 0 Å². The van der Waals surface area contributed by atoms with Crippen molar-refractivity contribution >= 4 is 23.7 Å². The number of halogens is 1. The lowest BCUT2D eigenvalue weighted by Gasteiger charge is -2.36. The van der Waals surface area contributed by atoms with Crippen molar-refractivity contribution in [1.29, 1.82) is 0 Å². The van der Waals surface area contributed by atoms with E-state index < -0.39 is 0 Å². The van der Waals surface area contributed by atoms with E-state index in [1.54, 1.807) is 11.9 Å². The molecule has 2 fully saturated rings. The van der Waals surface area contributed by atoms with Gasteiger partial charge in [-0.3, -0.25) is 4.99 Å². The predicted octanol–water partition coefficient (Wildman–Crippen LogP) is 2.55. The van der Waals surface area contributed by atoms with Crippen LogP contribution in [0.5, 0.6) is 0 Å². The maximum atomic E-state index is 11.8. The first-order chi connectivity index (χ1) is 12.1. The van der Waals surface area contributed by atoms with Crippen molar-refractivity contribution in [2.75, 3.05) is 39.8 Å². The number of ether oxygens (including phenoxy) is 1. The van der Waals surface area contributed by atoms with Gasteiger partial charge in [0.1, 0.15) is 0 Å². The number of hydrogen-bond acceptors (Lipinski definition) is 3. The highest BCUT2D eigenvalue weighted by molar-refractivity contribution is 6.30. The molecule has 1 heterocycles. The number of nitrogens with zero attached hydrogens (tertiary/aromatic N) is 3. The Hall–Kier alpha value is -1.95. The summed E-state index contributed by atoms with van der Waals surface area (Å²) in [5.74, 6) is 1.38. The number of carbonyl (C=O) groups is 1. The van der Waals surface area contributed by atoms with E-state index in [-0.39, 0.29) is 6.09 Å². The lowest BCUT2D eigenvalue weighted by Crippen LogP contribution is -2.54. The molecule has 6 nitrogen and oxygen atoms in total. The Morgan fingerprint density at radius 2 is 2.04 bits per heavy atom. The van der Waals surface area contributed by atoms with Crippen LogP contribution in [-0.4, -0.2) is 67.7 Å². The van der Waals surface area contributed by atoms with Gasteiger partial charge in [0.2, 0.25) is 0 Å². The molecule has 136 valence electrons. The summed E-state index contributed by atoms with van der Waals surface area (Å²) in [6.45, 7) is 5.06. The van der Waals surface area contributed by atoms with Gasteiger partial charge in [0.25, 0.3) is 0 Å². The molecule has 1 aromatic carbocycles. The number of benzene rings is 1. The van der Waals surface area contributed by atoms with Crippen molar-refractivity contribution in [3.8, 4) is 0 Å². The SMILES string of the molecule is CCOC(=O)N1CCN(C(=NC)NC2CC2c2cccc(Cl)c2)CC1. The van der Waals surface area contributed by atoms with Crippen molar-refractivity contribution < 1.29 is 9.53 Å². The van der Waals surface area contributed by atoms with Gasteiger partial charge in [-0.25, -0.2) is 4.79 Å². The van der Waals surface area contributed by atoms with Gasteiger partial charge in [-0.2, -0.15) is 0 Å². The lowest BCUT2D eigenvalue weighted by molar-refractivity contribution is 0.0914. The van der Waals surface area contributed by atoms with Gasteiger partial charge in [-0.05, 0) is 31.0 Å². The third kappa shape index (κ3) is 4.37. The predicted molar refractivity (Wildman–Crippen MR) is 99.3 cm³/mol. The van der Waals surface area contributed by atoms with Gasteiger partial charge >= 0.3 is 6.09 Å². The Kier molecular flexibility index (Phi) is 5.68. The first kappa shape index (κ1) is 17.9. The molecule has 0 aromatic heterocycles. The molecule has 25 heavy (non-hydrogen) atoms. The van der Waals surface area contributed by atoms with Gasteiger partial charge in [0.05, 0.1) is 6.61 Å². The molecule has 1 amide bonds. The highest BCUT2D eigenvalue weighted by atomic mass is 35.5. The average Bonchev–Trinajstić information content (AvgIpc) is 3.39. The minimum absolute atomic E-state index is 0.228. The first-order valence-electron chi connectivity index (χ1n) is 8.77. The minimum Gasteiger partial charge on any atom is -0.450 e. The highest BCUT2D eigenvalue weighted by Gasteiger charge is 2.40. The van der Waals surface area contributed by atoms with Gasteiger partial charge in [0.15, 0.2) is 5.96 Å². The largest absolute Gasteiger partial charge is 0.450 e. The Morgan fingerprint density at radius 3 is 2.68 bits per heavy atom. The minimum atomic E-state index is -0.228. The van der Waals surface area contributed by atoms with Crippen LogP contribution in [0.1, 0.15) is 24.8 Å². The number of rotatable bonds is 3. The maximum Gasteiger partial charge on any atom is 0.409 e. The molecule has 1 aromatic rings. The van der Waals surface area contributed by atoms with Crippen molar-refractivity contribution in [1.82, 2.24) is 15.1 Å². The van der Waals surface area contributed by atoms with Crippen LogP contribution in [0.25, 0.3) is 0 Å². The fraction of sp³-hybridized carbons (Fsp3) is 0.556. The van der Waals surface area contributed by atoms with Crippen LogP contribution in [0.3, 0.4) is 0 Å². The zero-order valence-corrected chi connectivity index (χ0v) is 15.5. The van der Waals surface area contributed by atoms with Crippen molar-refractivity contribution in [3.63, 3.8) is 0 Å². The number of amides is 1. The molecule has 1 N–H and O–H groups in total. The molecule has 3 rings (SSSR count). The van der Waals surface area contributed by atoms with Crippen LogP contribution in [0.15, 0.2) is 29.3 Å². The molecule has 1 aliphatic carbocycles. The summed E-state index contributed by atoms with van der Waals surface area (Å²) in [7, 11) is 1.80. The van der Waals surface area contributed by atoms with Crippen LogP contribution < -0.4 is 5.32 Å². The van der Waals surface area contributed by atoms with Gasteiger partial charge in [0, 0.05) is 50.2 Å². The molecule has 1 saturated heterocycles. The van der Waals surface area contributed by atoms with E-state index in [4.69, 9.17) is 16.3 Å². The fourth-order valence-corrected chi connectivity index (χ4v) is 3.44. The lowest BCUT2D eigenvalue weighted by atomic mass is 10.1. The number of nitrogens with one attached hydrogen (secondary N) is 1. The first-order valence-corrected chi connectivity index (χ1v) is 9.15. The molecular weight excluding hydrogens is 340 g/mol. The molecule has 2 unspecified atom stereocenters. The second kappa shape index (κ2) is 7.95. The smallest absolute Gasteiger partial charge is 0.409 e. The monoisotopic (exact) mass is 364 g/mol. The zero-order chi connectivity index (χ0) is 17.8. The third-order valence-corrected chi connectivity index (χ3v) is 4.93. The standard InChI is InChI=1S/C18H25ClN4O2/c1-3-25-18(24)23-9-7-22(8-10-23)17(20-2)21-16-12-15(16)13-5-4-6-14(19)11-13/h4-6,11,15-16H,3,7-10,12H2,1-2H3,(H,20,21). The van der Waals surface area contributed by atoms with E-state index in [1.165, 1.54) is 5.56 Å². The van der Waals surface area contributed by atoms with E-state index in [1.807, 2.05) is 25.1 Å². The molecule has 0 spiro atoms. The molecular formula is C18H25ClN4O2. The van der Waals surface area contributed by atoms with Crippen molar-refractivity contribution in [3.05, 3.63) is 34.9 Å². The second-order valence-electron chi connectivity index (χ2n) is 6.37. The number of guanidine groups is 1. The Bertz CT molecular complexity index is 644. The summed E-state index contributed by atoms with van der Waals surface area (Å²) in [5, 5.41) is 4.33. The third-order valence-electron chi connectivity index (χ3n) is 4.70. The topological polar surface area (TPSA) is 57.2 Å². The normalized spacial score (nSPS) is 23.4. The van der Waals surface area contributed by atoms with E-state index >= 15 is 0 Å². The number of carbonyl (C=O) groups excluding carboxylic acids is 1. The quantitative estimate of drug-likeness (QED) is 0.661. The summed E-state index contributed by atoms with van der Waals surface area (Å²) in [5.41, 5.74) is 1.27. The molecule has 2 atom stereocenters. The number of hydrogen-bond donors (Lipinski definition) is 1. The molecule has 1 saturated carbocycles. The van der Waals surface area contributed by atoms with Crippen LogP contribution in [0, 0.1) is 0 Å². The van der Waals surface area contributed by atoms with E-state index in [0.717, 1.165) is 30.5 Å². The summed E-state index contributed by atoms with van der Waals surface area (Å²) < 4.78 is 5.06. The van der Waals surface area contributed by atoms with Gasteiger partial charge in [-0.1, -0.05) is 23.7 Å². The average molecular weight is 365 g/mol. The van der Waals surface area contributed by atoms with Crippen LogP contribution in [-0.2, 0) is 4.74 Å². The summed E-state index contributed by atoms with van der Waals surface area (Å²) in [6.07, 6.45) is 0.857. The van der Waals surface area contributed by atoms with Crippen molar-refractivity contribution in [2.45, 2.75) is 25.3 Å². The highest BCUT2D eigenvalue weighted by Crippen LogP contribution is 2.41. The van der Waals surface area contributed by atoms with Crippen LogP contribution >= 0.6 is 11.6 Å². The van der Waals surface area contributed by atoms with Gasteiger partial charge < -0.3 is 19.9 Å². The second-order valence-corrected chi connectivity index (χ2v) is 6.80. The Labute approximate surface area is 153 Å². The van der Waals surface area contributed by atoms with E-state index in [0.29, 0.717) is 31.7 Å². The zero-order valence-electron chi connectivity index (χ0n) is 14.7. The molecule has 0 bridgehead atoms. The maximum absolute atomic E-state index is 11.8. The molecule has 7 heteroatoms. The summed E-state index contributed by atoms with van der Waals surface area (Å²) in [4.78, 5) is 20.1. The van der Waals surface area contributed by atoms with E-state index in [2.05, 4.69) is 21.3 Å². The molecule has 2 aliphatic rings. The number of piperazine rings is 1. The van der Waals surface area contributed by atoms with Crippen LogP contribution in [0.4, 0.5) is 4.79 Å². The van der Waals surface area contributed by atoms with E-state index in [9.17, 15) is 4.79 Å². The Balaban J connectivity index is 1.51. The van der Waals surface area contributed by atoms with Crippen LogP contribution in [0.2, 0.25) is 5.02 Å².